The number of nitrogens with zero attached hydrogens (tertiary/aromatic N) is 2. The van der Waals surface area contributed by atoms with E-state index in [-0.39, 0.29) is 5.91 Å². The molecule has 1 aromatic heterocycles. The van der Waals surface area contributed by atoms with Crippen LogP contribution in [0.2, 0.25) is 0 Å². The van der Waals surface area contributed by atoms with E-state index in [2.05, 4.69) is 28.5 Å². The maximum absolute atomic E-state index is 13.2. The van der Waals surface area contributed by atoms with Gasteiger partial charge in [-0.25, -0.2) is 0 Å². The Morgan fingerprint density at radius 1 is 1.03 bits per heavy atom. The Bertz CT molecular complexity index is 1260. The quantitative estimate of drug-likeness (QED) is 0.486. The SMILES string of the molecule is COc1cccc(CN2Cc3cccc(NCc4cccc5cccnc45)c3C2=O)c1. The minimum atomic E-state index is 0.0527. The molecule has 1 N–H and O–H groups in total. The molecule has 3 aromatic carbocycles. The summed E-state index contributed by atoms with van der Waals surface area (Å²) in [5.74, 6) is 0.852. The number of benzene rings is 3. The molecule has 31 heavy (non-hydrogen) atoms. The van der Waals surface area contributed by atoms with Crippen LogP contribution in [0.25, 0.3) is 10.9 Å². The lowest BCUT2D eigenvalue weighted by Crippen LogP contribution is -2.23. The zero-order valence-electron chi connectivity index (χ0n) is 17.3. The van der Waals surface area contributed by atoms with Gasteiger partial charge in [-0.05, 0) is 41.0 Å². The van der Waals surface area contributed by atoms with Crippen molar-refractivity contribution in [3.05, 3.63) is 101 Å². The van der Waals surface area contributed by atoms with Gasteiger partial charge in [0.1, 0.15) is 5.75 Å². The molecule has 0 aliphatic carbocycles. The van der Waals surface area contributed by atoms with Crippen molar-refractivity contribution >= 4 is 22.5 Å². The van der Waals surface area contributed by atoms with Crippen LogP contribution in [0.3, 0.4) is 0 Å². The molecular formula is C26H23N3O2. The first-order valence-corrected chi connectivity index (χ1v) is 10.3. The molecule has 0 unspecified atom stereocenters. The second kappa shape index (κ2) is 8.11. The predicted molar refractivity (Wildman–Crippen MR) is 122 cm³/mol. The van der Waals surface area contributed by atoms with E-state index in [1.54, 1.807) is 7.11 Å². The third-order valence-corrected chi connectivity index (χ3v) is 5.71. The van der Waals surface area contributed by atoms with E-state index < -0.39 is 0 Å². The Labute approximate surface area is 181 Å². The number of carbonyl (C=O) groups is 1. The van der Waals surface area contributed by atoms with Gasteiger partial charge in [-0.15, -0.1) is 0 Å². The number of para-hydroxylation sites is 1. The van der Waals surface area contributed by atoms with Crippen LogP contribution in [0.1, 0.15) is 27.0 Å². The molecule has 0 saturated carbocycles. The predicted octanol–water partition coefficient (Wildman–Crippen LogP) is 5.01. The van der Waals surface area contributed by atoms with Crippen LogP contribution in [0.15, 0.2) is 79.0 Å². The number of carbonyl (C=O) groups excluding carboxylic acids is 1. The zero-order chi connectivity index (χ0) is 21.2. The highest BCUT2D eigenvalue weighted by Crippen LogP contribution is 2.31. The third kappa shape index (κ3) is 3.70. The van der Waals surface area contributed by atoms with E-state index in [1.165, 1.54) is 0 Å². The van der Waals surface area contributed by atoms with Gasteiger partial charge in [-0.2, -0.15) is 0 Å². The van der Waals surface area contributed by atoms with Crippen LogP contribution < -0.4 is 10.1 Å². The summed E-state index contributed by atoms with van der Waals surface area (Å²) >= 11 is 0. The number of anilines is 1. The van der Waals surface area contributed by atoms with Crippen LogP contribution in [-0.2, 0) is 19.6 Å². The topological polar surface area (TPSA) is 54.5 Å². The van der Waals surface area contributed by atoms with Crippen LogP contribution in [-0.4, -0.2) is 22.9 Å². The van der Waals surface area contributed by atoms with Crippen molar-refractivity contribution in [3.8, 4) is 5.75 Å². The zero-order valence-corrected chi connectivity index (χ0v) is 17.3. The van der Waals surface area contributed by atoms with Crippen LogP contribution in [0, 0.1) is 0 Å². The van der Waals surface area contributed by atoms with E-state index >= 15 is 0 Å². The lowest BCUT2D eigenvalue weighted by atomic mass is 10.1. The highest BCUT2D eigenvalue weighted by molar-refractivity contribution is 6.03. The minimum Gasteiger partial charge on any atom is -0.497 e. The molecule has 1 aliphatic heterocycles. The molecular weight excluding hydrogens is 386 g/mol. The molecule has 0 fully saturated rings. The Morgan fingerprint density at radius 3 is 2.77 bits per heavy atom. The third-order valence-electron chi connectivity index (χ3n) is 5.71. The minimum absolute atomic E-state index is 0.0527. The largest absolute Gasteiger partial charge is 0.497 e. The number of methoxy groups -OCH3 is 1. The molecule has 0 atom stereocenters. The maximum atomic E-state index is 13.2. The first-order valence-electron chi connectivity index (χ1n) is 10.3. The number of fused-ring (bicyclic) bond motifs is 2. The fourth-order valence-electron chi connectivity index (χ4n) is 4.19. The van der Waals surface area contributed by atoms with E-state index in [0.29, 0.717) is 19.6 Å². The van der Waals surface area contributed by atoms with Gasteiger partial charge < -0.3 is 15.0 Å². The number of rotatable bonds is 6. The van der Waals surface area contributed by atoms with Crippen molar-refractivity contribution in [2.75, 3.05) is 12.4 Å². The molecule has 5 nitrogen and oxygen atoms in total. The first-order chi connectivity index (χ1) is 15.2. The Balaban J connectivity index is 1.37. The van der Waals surface area contributed by atoms with Crippen molar-refractivity contribution in [2.45, 2.75) is 19.6 Å². The summed E-state index contributed by atoms with van der Waals surface area (Å²) in [5.41, 5.74) is 5.82. The van der Waals surface area contributed by atoms with Gasteiger partial charge >= 0.3 is 0 Å². The Hall–Kier alpha value is -3.86. The van der Waals surface area contributed by atoms with Gasteiger partial charge in [0.15, 0.2) is 0 Å². The van der Waals surface area contributed by atoms with E-state index in [9.17, 15) is 4.79 Å². The molecule has 5 heteroatoms. The highest BCUT2D eigenvalue weighted by atomic mass is 16.5. The fraction of sp³-hybridized carbons (Fsp3) is 0.154. The van der Waals surface area contributed by atoms with Crippen molar-refractivity contribution in [1.82, 2.24) is 9.88 Å². The summed E-state index contributed by atoms with van der Waals surface area (Å²) in [5, 5.41) is 4.59. The molecule has 0 radical (unpaired) electrons. The molecule has 5 rings (SSSR count). The van der Waals surface area contributed by atoms with Gasteiger partial charge in [-0.1, -0.05) is 48.5 Å². The summed E-state index contributed by atoms with van der Waals surface area (Å²) in [6.45, 7) is 1.77. The summed E-state index contributed by atoms with van der Waals surface area (Å²) in [7, 11) is 1.65. The molecule has 0 spiro atoms. The fourth-order valence-corrected chi connectivity index (χ4v) is 4.19. The monoisotopic (exact) mass is 409 g/mol. The first kappa shape index (κ1) is 19.1. The van der Waals surface area contributed by atoms with Gasteiger partial charge in [0.2, 0.25) is 0 Å². The molecule has 4 aromatic rings. The molecule has 2 heterocycles. The second-order valence-electron chi connectivity index (χ2n) is 7.70. The van der Waals surface area contributed by atoms with Crippen molar-refractivity contribution in [2.24, 2.45) is 0 Å². The average Bonchev–Trinajstić information content (AvgIpc) is 3.13. The van der Waals surface area contributed by atoms with E-state index in [1.807, 2.05) is 65.7 Å². The standard InChI is InChI=1S/C26H23N3O2/c1-31-22-11-2-6-18(14-22)16-29-17-21-9-4-12-23(24(21)26(29)30)28-15-20-8-3-7-19-10-5-13-27-25(19)20/h2-14,28H,15-17H2,1H3. The molecule has 1 aliphatic rings. The Morgan fingerprint density at radius 2 is 1.87 bits per heavy atom. The Kier molecular flexibility index (Phi) is 5.00. The highest BCUT2D eigenvalue weighted by Gasteiger charge is 2.29. The summed E-state index contributed by atoms with van der Waals surface area (Å²) in [6, 6.07) is 24.0. The average molecular weight is 409 g/mol. The van der Waals surface area contributed by atoms with Crippen molar-refractivity contribution in [1.29, 1.82) is 0 Å². The van der Waals surface area contributed by atoms with E-state index in [0.717, 1.165) is 44.6 Å². The number of pyridine rings is 1. The normalized spacial score (nSPS) is 12.8. The van der Waals surface area contributed by atoms with Gasteiger partial charge in [0.25, 0.3) is 5.91 Å². The lowest BCUT2D eigenvalue weighted by molar-refractivity contribution is 0.0767. The molecule has 0 saturated heterocycles. The second-order valence-corrected chi connectivity index (χ2v) is 7.70. The van der Waals surface area contributed by atoms with Gasteiger partial charge in [-0.3, -0.25) is 9.78 Å². The number of nitrogens with one attached hydrogen (secondary N) is 1. The summed E-state index contributed by atoms with van der Waals surface area (Å²) in [6.07, 6.45) is 1.81. The van der Waals surface area contributed by atoms with E-state index in [4.69, 9.17) is 4.74 Å². The van der Waals surface area contributed by atoms with Crippen molar-refractivity contribution in [3.63, 3.8) is 0 Å². The van der Waals surface area contributed by atoms with Gasteiger partial charge in [0.05, 0.1) is 18.2 Å². The molecule has 0 bridgehead atoms. The number of aromatic nitrogens is 1. The van der Waals surface area contributed by atoms with Crippen LogP contribution >= 0.6 is 0 Å². The molecule has 154 valence electrons. The van der Waals surface area contributed by atoms with Gasteiger partial charge in [0, 0.05) is 36.9 Å². The summed E-state index contributed by atoms with van der Waals surface area (Å²) < 4.78 is 5.31. The number of amides is 1. The lowest BCUT2D eigenvalue weighted by Gasteiger charge is -2.16. The molecule has 1 amide bonds. The smallest absolute Gasteiger partial charge is 0.256 e. The van der Waals surface area contributed by atoms with Crippen molar-refractivity contribution < 1.29 is 9.53 Å². The summed E-state index contributed by atoms with van der Waals surface area (Å²) in [4.78, 5) is 19.6. The maximum Gasteiger partial charge on any atom is 0.256 e. The van der Waals surface area contributed by atoms with Crippen LogP contribution in [0.5, 0.6) is 5.75 Å². The number of ether oxygens (including phenoxy) is 1. The van der Waals surface area contributed by atoms with Crippen LogP contribution in [0.4, 0.5) is 5.69 Å². The number of hydrogen-bond donors (Lipinski definition) is 1. The number of hydrogen-bond acceptors (Lipinski definition) is 4.